The molecule has 1 aliphatic rings. The summed E-state index contributed by atoms with van der Waals surface area (Å²) in [4.78, 5) is 0. The van der Waals surface area contributed by atoms with Crippen molar-refractivity contribution in [2.75, 3.05) is 0 Å². The predicted octanol–water partition coefficient (Wildman–Crippen LogP) is 12.6. The topological polar surface area (TPSA) is 18.1 Å². The van der Waals surface area contributed by atoms with Crippen molar-refractivity contribution in [3.63, 3.8) is 0 Å². The van der Waals surface area contributed by atoms with Gasteiger partial charge in [0, 0.05) is 32.8 Å². The number of aromatic nitrogens is 1. The fourth-order valence-electron chi connectivity index (χ4n) is 8.41. The Balaban J connectivity index is 1.22. The van der Waals surface area contributed by atoms with Crippen LogP contribution in [0.15, 0.2) is 132 Å². The number of rotatable bonds is 3. The molecule has 0 radical (unpaired) electrons. The van der Waals surface area contributed by atoms with E-state index >= 15 is 0 Å². The lowest BCUT2D eigenvalue weighted by Gasteiger charge is -2.44. The first kappa shape index (κ1) is 28.2. The maximum absolute atomic E-state index is 6.35. The number of hydrogen-bond donors (Lipinski definition) is 0. The van der Waals surface area contributed by atoms with Gasteiger partial charge in [0.15, 0.2) is 0 Å². The lowest BCUT2D eigenvalue weighted by atomic mass is 9.59. The second-order valence-electron chi connectivity index (χ2n) is 15.1. The Kier molecular flexibility index (Phi) is 5.68. The average Bonchev–Trinajstić information content (AvgIpc) is 3.65. The summed E-state index contributed by atoms with van der Waals surface area (Å²) in [7, 11) is 0. The minimum Gasteiger partial charge on any atom is -0.455 e. The highest BCUT2D eigenvalue weighted by atomic mass is 16.3. The summed E-state index contributed by atoms with van der Waals surface area (Å²) < 4.78 is 8.81. The van der Waals surface area contributed by atoms with Gasteiger partial charge in [0.2, 0.25) is 0 Å². The molecule has 2 heteroatoms. The van der Waals surface area contributed by atoms with Gasteiger partial charge in [0.1, 0.15) is 11.2 Å². The van der Waals surface area contributed by atoms with Crippen molar-refractivity contribution in [2.45, 2.75) is 52.4 Å². The monoisotopic (exact) mass is 609 g/mol. The van der Waals surface area contributed by atoms with Gasteiger partial charge in [-0.3, -0.25) is 0 Å². The molecule has 0 unspecified atom stereocenters. The zero-order valence-electron chi connectivity index (χ0n) is 28.0. The molecule has 8 aromatic rings. The summed E-state index contributed by atoms with van der Waals surface area (Å²) in [6.07, 6.45) is 0. The maximum atomic E-state index is 6.35. The summed E-state index contributed by atoms with van der Waals surface area (Å²) in [6, 6.07) is 46.5. The second kappa shape index (κ2) is 9.48. The van der Waals surface area contributed by atoms with E-state index in [9.17, 15) is 0 Å². The van der Waals surface area contributed by atoms with Crippen LogP contribution in [0.5, 0.6) is 0 Å². The standard InChI is InChI=1S/C45H39NO/c1-43(2)37-26-36-35-25-30(28-19-21-29(22-20-28)32-16-12-17-34-33-15-10-11-18-41(33)47-42(32)34)23-24-39(35)46(31-13-8-7-9-14-31)40(36)27-38(37)44(3,4)45(43,5)6/h7-27H,1-6H3. The van der Waals surface area contributed by atoms with Crippen molar-refractivity contribution >= 4 is 43.7 Å². The lowest BCUT2D eigenvalue weighted by molar-refractivity contribution is 0.125. The van der Waals surface area contributed by atoms with Crippen LogP contribution in [0, 0.1) is 5.41 Å². The van der Waals surface area contributed by atoms with E-state index in [-0.39, 0.29) is 16.2 Å². The van der Waals surface area contributed by atoms with Crippen molar-refractivity contribution in [1.82, 2.24) is 4.57 Å². The highest BCUT2D eigenvalue weighted by Gasteiger charge is 2.57. The van der Waals surface area contributed by atoms with E-state index in [2.05, 4.69) is 161 Å². The normalized spacial score (nSPS) is 16.4. The lowest BCUT2D eigenvalue weighted by Crippen LogP contribution is -2.42. The number of para-hydroxylation sites is 3. The molecule has 9 rings (SSSR count). The third kappa shape index (κ3) is 3.73. The molecule has 0 fully saturated rings. The summed E-state index contributed by atoms with van der Waals surface area (Å²) in [5, 5.41) is 4.92. The van der Waals surface area contributed by atoms with Crippen molar-refractivity contribution in [1.29, 1.82) is 0 Å². The van der Waals surface area contributed by atoms with Crippen LogP contribution >= 0.6 is 0 Å². The van der Waals surface area contributed by atoms with Gasteiger partial charge in [-0.25, -0.2) is 0 Å². The molecule has 0 atom stereocenters. The molecule has 0 spiro atoms. The molecule has 2 aromatic heterocycles. The molecule has 0 aliphatic heterocycles. The first-order valence-corrected chi connectivity index (χ1v) is 16.8. The highest BCUT2D eigenvalue weighted by Crippen LogP contribution is 2.62. The van der Waals surface area contributed by atoms with E-state index in [1.807, 2.05) is 12.1 Å². The third-order valence-corrected chi connectivity index (χ3v) is 12.3. The zero-order chi connectivity index (χ0) is 32.3. The number of furan rings is 1. The van der Waals surface area contributed by atoms with E-state index in [0.717, 1.165) is 33.1 Å². The van der Waals surface area contributed by atoms with Gasteiger partial charge >= 0.3 is 0 Å². The van der Waals surface area contributed by atoms with Crippen molar-refractivity contribution in [3.8, 4) is 27.9 Å². The van der Waals surface area contributed by atoms with Crippen LogP contribution < -0.4 is 0 Å². The summed E-state index contributed by atoms with van der Waals surface area (Å²) in [6.45, 7) is 14.6. The molecule has 0 bridgehead atoms. The van der Waals surface area contributed by atoms with E-state index in [4.69, 9.17) is 4.42 Å². The fraction of sp³-hybridized carbons (Fsp3) is 0.200. The van der Waals surface area contributed by atoms with Gasteiger partial charge in [-0.05, 0) is 86.5 Å². The van der Waals surface area contributed by atoms with Gasteiger partial charge in [0.25, 0.3) is 0 Å². The molecule has 1 aliphatic carbocycles. The number of hydrogen-bond acceptors (Lipinski definition) is 1. The number of benzene rings is 6. The smallest absolute Gasteiger partial charge is 0.143 e. The Labute approximate surface area is 276 Å². The van der Waals surface area contributed by atoms with Crippen LogP contribution in [0.3, 0.4) is 0 Å². The SMILES string of the molecule is CC1(C)c2cc3c4cc(-c5ccc(-c6cccc7c6oc6ccccc67)cc5)ccc4n(-c4ccccc4)c3cc2C(C)(C)C1(C)C. The minimum absolute atomic E-state index is 0.0390. The molecular weight excluding hydrogens is 571 g/mol. The quantitative estimate of drug-likeness (QED) is 0.195. The molecule has 0 saturated heterocycles. The van der Waals surface area contributed by atoms with Crippen LogP contribution in [0.2, 0.25) is 0 Å². The average molecular weight is 610 g/mol. The Hall–Kier alpha value is -5.08. The van der Waals surface area contributed by atoms with Crippen molar-refractivity contribution in [3.05, 3.63) is 139 Å². The van der Waals surface area contributed by atoms with E-state index in [1.54, 1.807) is 0 Å². The first-order chi connectivity index (χ1) is 22.6. The largest absolute Gasteiger partial charge is 0.455 e. The van der Waals surface area contributed by atoms with Crippen LogP contribution in [-0.2, 0) is 10.8 Å². The third-order valence-electron chi connectivity index (χ3n) is 12.3. The first-order valence-electron chi connectivity index (χ1n) is 16.8. The fourth-order valence-corrected chi connectivity index (χ4v) is 8.41. The molecular formula is C45H39NO. The molecule has 2 heterocycles. The summed E-state index contributed by atoms with van der Waals surface area (Å²) >= 11 is 0. The number of nitrogens with zero attached hydrogens (tertiary/aromatic N) is 1. The molecule has 6 aromatic carbocycles. The van der Waals surface area contributed by atoms with Crippen molar-refractivity contribution in [2.24, 2.45) is 5.41 Å². The number of fused-ring (bicyclic) bond motifs is 7. The Morgan fingerprint density at radius 3 is 1.85 bits per heavy atom. The molecule has 0 N–H and O–H groups in total. The highest BCUT2D eigenvalue weighted by molar-refractivity contribution is 6.12. The second-order valence-corrected chi connectivity index (χ2v) is 15.1. The Morgan fingerprint density at radius 1 is 0.468 bits per heavy atom. The Morgan fingerprint density at radius 2 is 1.09 bits per heavy atom. The molecule has 0 amide bonds. The van der Waals surface area contributed by atoms with Crippen molar-refractivity contribution < 1.29 is 4.42 Å². The maximum Gasteiger partial charge on any atom is 0.143 e. The molecule has 230 valence electrons. The molecule has 0 saturated carbocycles. The van der Waals surface area contributed by atoms with Gasteiger partial charge < -0.3 is 8.98 Å². The predicted molar refractivity (Wildman–Crippen MR) is 199 cm³/mol. The van der Waals surface area contributed by atoms with Crippen LogP contribution in [0.25, 0.3) is 71.7 Å². The van der Waals surface area contributed by atoms with E-state index < -0.39 is 0 Å². The summed E-state index contributed by atoms with van der Waals surface area (Å²) in [5.41, 5.74) is 13.4. The van der Waals surface area contributed by atoms with Crippen LogP contribution in [-0.4, -0.2) is 4.57 Å². The zero-order valence-corrected chi connectivity index (χ0v) is 28.0. The Bertz CT molecular complexity index is 2520. The van der Waals surface area contributed by atoms with Gasteiger partial charge in [-0.2, -0.15) is 0 Å². The van der Waals surface area contributed by atoms with Crippen LogP contribution in [0.1, 0.15) is 52.7 Å². The van der Waals surface area contributed by atoms with Gasteiger partial charge in [-0.1, -0.05) is 126 Å². The molecule has 2 nitrogen and oxygen atoms in total. The van der Waals surface area contributed by atoms with Gasteiger partial charge in [-0.15, -0.1) is 0 Å². The van der Waals surface area contributed by atoms with Crippen LogP contribution in [0.4, 0.5) is 0 Å². The summed E-state index contributed by atoms with van der Waals surface area (Å²) in [5.74, 6) is 0. The molecule has 47 heavy (non-hydrogen) atoms. The van der Waals surface area contributed by atoms with Gasteiger partial charge in [0.05, 0.1) is 11.0 Å². The van der Waals surface area contributed by atoms with E-state index in [0.29, 0.717) is 0 Å². The van der Waals surface area contributed by atoms with E-state index in [1.165, 1.54) is 49.7 Å². The minimum atomic E-state index is 0.0390.